The van der Waals surface area contributed by atoms with Crippen molar-refractivity contribution in [2.75, 3.05) is 39.8 Å². The third kappa shape index (κ3) is 3.98. The molecule has 1 saturated heterocycles. The van der Waals surface area contributed by atoms with E-state index in [1.165, 1.54) is 19.4 Å². The number of likely N-dealkylation sites (tertiary alicyclic amines) is 1. The average Bonchev–Trinajstić information content (AvgIpc) is 3.17. The third-order valence-electron chi connectivity index (χ3n) is 5.61. The molecular formula is C17H33N3O. The van der Waals surface area contributed by atoms with Gasteiger partial charge in [0.15, 0.2) is 0 Å². The van der Waals surface area contributed by atoms with Crippen LogP contribution in [0.25, 0.3) is 0 Å². The van der Waals surface area contributed by atoms with Crippen molar-refractivity contribution in [1.29, 1.82) is 0 Å². The SMILES string of the molecule is CCC(CC)(CN)C(=O)N1CCC(CN(C)CC2CC2)C1. The fourth-order valence-electron chi connectivity index (χ4n) is 3.69. The average molecular weight is 295 g/mol. The molecule has 1 heterocycles. The molecule has 1 unspecified atom stereocenters. The van der Waals surface area contributed by atoms with Crippen LogP contribution in [0.2, 0.25) is 0 Å². The quantitative estimate of drug-likeness (QED) is 0.744. The van der Waals surface area contributed by atoms with Gasteiger partial charge in [0.2, 0.25) is 5.91 Å². The highest BCUT2D eigenvalue weighted by Gasteiger charge is 2.39. The maximum atomic E-state index is 12.8. The summed E-state index contributed by atoms with van der Waals surface area (Å²) < 4.78 is 0. The summed E-state index contributed by atoms with van der Waals surface area (Å²) in [4.78, 5) is 17.4. The van der Waals surface area contributed by atoms with E-state index in [0.717, 1.165) is 44.8 Å². The molecule has 2 aliphatic rings. The van der Waals surface area contributed by atoms with Gasteiger partial charge in [-0.2, -0.15) is 0 Å². The number of hydrogen-bond donors (Lipinski definition) is 1. The van der Waals surface area contributed by atoms with Gasteiger partial charge in [-0.25, -0.2) is 0 Å². The van der Waals surface area contributed by atoms with E-state index in [1.54, 1.807) is 0 Å². The lowest BCUT2D eigenvalue weighted by molar-refractivity contribution is -0.141. The van der Waals surface area contributed by atoms with Crippen LogP contribution in [0.4, 0.5) is 0 Å². The molecule has 4 heteroatoms. The molecule has 4 nitrogen and oxygen atoms in total. The monoisotopic (exact) mass is 295 g/mol. The maximum Gasteiger partial charge on any atom is 0.230 e. The van der Waals surface area contributed by atoms with Crippen molar-refractivity contribution in [2.45, 2.75) is 46.0 Å². The standard InChI is InChI=1S/C17H33N3O/c1-4-17(5-2,13-18)16(21)20-9-8-15(12-20)11-19(3)10-14-6-7-14/h14-15H,4-13,18H2,1-3H3. The Balaban J connectivity index is 1.84. The Hall–Kier alpha value is -0.610. The summed E-state index contributed by atoms with van der Waals surface area (Å²) in [5, 5.41) is 0. The molecule has 1 atom stereocenters. The van der Waals surface area contributed by atoms with Gasteiger partial charge in [-0.1, -0.05) is 13.8 Å². The van der Waals surface area contributed by atoms with Gasteiger partial charge in [0, 0.05) is 32.7 Å². The van der Waals surface area contributed by atoms with Gasteiger partial charge in [0.05, 0.1) is 5.41 Å². The van der Waals surface area contributed by atoms with E-state index in [0.29, 0.717) is 18.4 Å². The van der Waals surface area contributed by atoms with Crippen LogP contribution >= 0.6 is 0 Å². The lowest BCUT2D eigenvalue weighted by atomic mass is 9.81. The minimum atomic E-state index is -0.325. The molecule has 1 aliphatic carbocycles. The van der Waals surface area contributed by atoms with Crippen LogP contribution < -0.4 is 5.73 Å². The lowest BCUT2D eigenvalue weighted by Crippen LogP contribution is -2.47. The van der Waals surface area contributed by atoms with Crippen LogP contribution in [0.5, 0.6) is 0 Å². The largest absolute Gasteiger partial charge is 0.342 e. The van der Waals surface area contributed by atoms with E-state index >= 15 is 0 Å². The van der Waals surface area contributed by atoms with Crippen molar-refractivity contribution in [2.24, 2.45) is 23.0 Å². The molecule has 1 aliphatic heterocycles. The van der Waals surface area contributed by atoms with Crippen LogP contribution in [0.1, 0.15) is 46.0 Å². The van der Waals surface area contributed by atoms with E-state index < -0.39 is 0 Å². The topological polar surface area (TPSA) is 49.6 Å². The molecule has 0 aromatic heterocycles. The molecule has 0 radical (unpaired) electrons. The molecular weight excluding hydrogens is 262 g/mol. The summed E-state index contributed by atoms with van der Waals surface area (Å²) in [6, 6.07) is 0. The zero-order valence-electron chi connectivity index (χ0n) is 14.1. The van der Waals surface area contributed by atoms with E-state index in [1.807, 2.05) is 0 Å². The number of hydrogen-bond acceptors (Lipinski definition) is 3. The molecule has 0 bridgehead atoms. The van der Waals surface area contributed by atoms with Crippen molar-refractivity contribution in [3.63, 3.8) is 0 Å². The number of rotatable bonds is 8. The molecule has 21 heavy (non-hydrogen) atoms. The lowest BCUT2D eigenvalue weighted by Gasteiger charge is -2.33. The van der Waals surface area contributed by atoms with Gasteiger partial charge in [-0.3, -0.25) is 4.79 Å². The number of carbonyl (C=O) groups excluding carboxylic acids is 1. The Bertz CT molecular complexity index is 342. The van der Waals surface area contributed by atoms with Crippen molar-refractivity contribution >= 4 is 5.91 Å². The zero-order chi connectivity index (χ0) is 15.5. The second kappa shape index (κ2) is 7.10. The van der Waals surface area contributed by atoms with Crippen molar-refractivity contribution in [1.82, 2.24) is 9.80 Å². The van der Waals surface area contributed by atoms with Crippen LogP contribution in [0.3, 0.4) is 0 Å². The second-order valence-corrected chi connectivity index (χ2v) is 7.26. The highest BCUT2D eigenvalue weighted by Crippen LogP contribution is 2.32. The molecule has 2 N–H and O–H groups in total. The Morgan fingerprint density at radius 2 is 1.81 bits per heavy atom. The normalized spacial score (nSPS) is 23.1. The molecule has 122 valence electrons. The van der Waals surface area contributed by atoms with E-state index in [4.69, 9.17) is 5.73 Å². The predicted octanol–water partition coefficient (Wildman–Crippen LogP) is 1.94. The summed E-state index contributed by atoms with van der Waals surface area (Å²) in [5.41, 5.74) is 5.59. The first-order valence-electron chi connectivity index (χ1n) is 8.72. The fraction of sp³-hybridized carbons (Fsp3) is 0.941. The van der Waals surface area contributed by atoms with Crippen molar-refractivity contribution < 1.29 is 4.79 Å². The first-order valence-corrected chi connectivity index (χ1v) is 8.72. The highest BCUT2D eigenvalue weighted by atomic mass is 16.2. The Labute approximate surface area is 130 Å². The van der Waals surface area contributed by atoms with Crippen molar-refractivity contribution in [3.8, 4) is 0 Å². The number of carbonyl (C=O) groups is 1. The fourth-order valence-corrected chi connectivity index (χ4v) is 3.69. The molecule has 2 rings (SSSR count). The summed E-state index contributed by atoms with van der Waals surface area (Å²) in [6.45, 7) is 8.87. The molecule has 0 spiro atoms. The van der Waals surface area contributed by atoms with Crippen LogP contribution in [-0.2, 0) is 4.79 Å². The number of amides is 1. The van der Waals surface area contributed by atoms with Gasteiger partial charge >= 0.3 is 0 Å². The molecule has 0 aromatic carbocycles. The van der Waals surface area contributed by atoms with Crippen LogP contribution in [0, 0.1) is 17.3 Å². The predicted molar refractivity (Wildman–Crippen MR) is 87.0 cm³/mol. The second-order valence-electron chi connectivity index (χ2n) is 7.26. The minimum Gasteiger partial charge on any atom is -0.342 e. The number of nitrogens with two attached hydrogens (primary N) is 1. The van der Waals surface area contributed by atoms with Gasteiger partial charge in [-0.15, -0.1) is 0 Å². The van der Waals surface area contributed by atoms with Crippen molar-refractivity contribution in [3.05, 3.63) is 0 Å². The van der Waals surface area contributed by atoms with Gasteiger partial charge in [0.25, 0.3) is 0 Å². The number of nitrogens with zero attached hydrogens (tertiary/aromatic N) is 2. The summed E-state index contributed by atoms with van der Waals surface area (Å²) >= 11 is 0. The van der Waals surface area contributed by atoms with Crippen LogP contribution in [-0.4, -0.2) is 55.5 Å². The molecule has 2 fully saturated rings. The van der Waals surface area contributed by atoms with Gasteiger partial charge < -0.3 is 15.5 Å². The summed E-state index contributed by atoms with van der Waals surface area (Å²) in [6.07, 6.45) is 5.66. The molecule has 0 aromatic rings. The van der Waals surface area contributed by atoms with Gasteiger partial charge in [-0.05, 0) is 51.0 Å². The first-order chi connectivity index (χ1) is 10.0. The highest BCUT2D eigenvalue weighted by molar-refractivity contribution is 5.83. The summed E-state index contributed by atoms with van der Waals surface area (Å²) in [7, 11) is 2.23. The Morgan fingerprint density at radius 3 is 2.33 bits per heavy atom. The van der Waals surface area contributed by atoms with E-state index in [-0.39, 0.29) is 5.41 Å². The summed E-state index contributed by atoms with van der Waals surface area (Å²) in [5.74, 6) is 1.88. The zero-order valence-corrected chi connectivity index (χ0v) is 14.1. The van der Waals surface area contributed by atoms with Crippen LogP contribution in [0.15, 0.2) is 0 Å². The van der Waals surface area contributed by atoms with Gasteiger partial charge in [0.1, 0.15) is 0 Å². The van der Waals surface area contributed by atoms with E-state index in [9.17, 15) is 4.79 Å². The molecule has 1 amide bonds. The Kier molecular flexibility index (Phi) is 5.67. The minimum absolute atomic E-state index is 0.294. The third-order valence-corrected chi connectivity index (χ3v) is 5.61. The smallest absolute Gasteiger partial charge is 0.230 e. The maximum absolute atomic E-state index is 12.8. The Morgan fingerprint density at radius 1 is 1.19 bits per heavy atom. The molecule has 1 saturated carbocycles. The van der Waals surface area contributed by atoms with E-state index in [2.05, 4.69) is 30.7 Å². The first kappa shape index (κ1) is 16.8.